The van der Waals surface area contributed by atoms with E-state index in [1.807, 2.05) is 66.7 Å². The van der Waals surface area contributed by atoms with E-state index in [9.17, 15) is 8.42 Å². The molecule has 0 unspecified atom stereocenters. The third-order valence-corrected chi connectivity index (χ3v) is 7.53. The van der Waals surface area contributed by atoms with Crippen LogP contribution in [0.1, 0.15) is 39.2 Å². The van der Waals surface area contributed by atoms with Gasteiger partial charge in [0.25, 0.3) is 0 Å². The summed E-state index contributed by atoms with van der Waals surface area (Å²) in [6.07, 6.45) is 4.71. The maximum atomic E-state index is 12.9. The number of aliphatic imine (C=N–C) groups is 1. The van der Waals surface area contributed by atoms with Gasteiger partial charge in [-0.15, -0.1) is 0 Å². The first kappa shape index (κ1) is 27.8. The number of fused-ring (bicyclic) bond motifs is 1. The SMILES string of the molecule is C=N/C=C(\C=C(/C)S(=O)(=O)NC(C)(C)C)c1nc(NCc2ccccn2)c2c(-c3ccccc3)cccc2n1. The van der Waals surface area contributed by atoms with E-state index < -0.39 is 15.6 Å². The second kappa shape index (κ2) is 11.7. The van der Waals surface area contributed by atoms with E-state index >= 15 is 0 Å². The molecule has 2 N–H and O–H groups in total. The van der Waals surface area contributed by atoms with Crippen LogP contribution in [-0.2, 0) is 16.6 Å². The number of benzene rings is 2. The maximum Gasteiger partial charge on any atom is 0.236 e. The smallest absolute Gasteiger partial charge is 0.236 e. The van der Waals surface area contributed by atoms with Gasteiger partial charge in [0.15, 0.2) is 5.82 Å². The zero-order chi connectivity index (χ0) is 28.0. The third kappa shape index (κ3) is 7.01. The summed E-state index contributed by atoms with van der Waals surface area (Å²) in [5.74, 6) is 0.908. The van der Waals surface area contributed by atoms with Crippen LogP contribution in [-0.4, -0.2) is 35.6 Å². The molecule has 0 fully saturated rings. The summed E-state index contributed by atoms with van der Waals surface area (Å²) in [5.41, 5.74) is 3.32. The first-order valence-electron chi connectivity index (χ1n) is 12.5. The van der Waals surface area contributed by atoms with Crippen molar-refractivity contribution in [3.63, 3.8) is 0 Å². The van der Waals surface area contributed by atoms with Gasteiger partial charge in [0, 0.05) is 23.5 Å². The lowest BCUT2D eigenvalue weighted by molar-refractivity contribution is 0.495. The largest absolute Gasteiger partial charge is 0.364 e. The van der Waals surface area contributed by atoms with Gasteiger partial charge in [0.1, 0.15) is 5.82 Å². The quantitative estimate of drug-likeness (QED) is 0.200. The van der Waals surface area contributed by atoms with E-state index in [1.165, 1.54) is 19.2 Å². The van der Waals surface area contributed by atoms with Crippen molar-refractivity contribution in [2.75, 3.05) is 5.32 Å². The van der Waals surface area contributed by atoms with Crippen molar-refractivity contribution in [1.82, 2.24) is 19.7 Å². The zero-order valence-corrected chi connectivity index (χ0v) is 23.3. The Hall–Kier alpha value is -4.21. The number of nitrogens with zero attached hydrogens (tertiary/aromatic N) is 4. The molecular formula is C30H32N6O2S. The van der Waals surface area contributed by atoms with Crippen LogP contribution >= 0.6 is 0 Å². The maximum absolute atomic E-state index is 12.9. The molecule has 0 saturated heterocycles. The Labute approximate surface area is 229 Å². The lowest BCUT2D eigenvalue weighted by Crippen LogP contribution is -2.40. The lowest BCUT2D eigenvalue weighted by atomic mass is 10.0. The van der Waals surface area contributed by atoms with Crippen molar-refractivity contribution in [3.05, 3.63) is 102 Å². The predicted octanol–water partition coefficient (Wildman–Crippen LogP) is 5.97. The molecule has 9 heteroatoms. The van der Waals surface area contributed by atoms with Crippen LogP contribution < -0.4 is 10.0 Å². The highest BCUT2D eigenvalue weighted by Crippen LogP contribution is 2.34. The second-order valence-electron chi connectivity index (χ2n) is 10.0. The van der Waals surface area contributed by atoms with Gasteiger partial charge in [-0.05, 0) is 69.8 Å². The second-order valence-corrected chi connectivity index (χ2v) is 11.9. The Kier molecular flexibility index (Phi) is 8.32. The van der Waals surface area contributed by atoms with Crippen LogP contribution in [0.25, 0.3) is 27.6 Å². The first-order chi connectivity index (χ1) is 18.6. The highest BCUT2D eigenvalue weighted by Gasteiger charge is 2.23. The van der Waals surface area contributed by atoms with Crippen molar-refractivity contribution in [1.29, 1.82) is 0 Å². The Balaban J connectivity index is 1.87. The molecule has 8 nitrogen and oxygen atoms in total. The molecule has 0 atom stereocenters. The summed E-state index contributed by atoms with van der Waals surface area (Å²) < 4.78 is 28.6. The van der Waals surface area contributed by atoms with Crippen LogP contribution in [0, 0.1) is 0 Å². The molecule has 0 radical (unpaired) electrons. The number of anilines is 1. The molecule has 0 bridgehead atoms. The van der Waals surface area contributed by atoms with Crippen LogP contribution in [0.2, 0.25) is 0 Å². The Bertz CT molecular complexity index is 1640. The highest BCUT2D eigenvalue weighted by molar-refractivity contribution is 7.93. The standard InChI is InChI=1S/C30H32N6O2S/c1-21(39(37,38)36-30(2,3)4)18-23(19-31-5)28-34-26-16-11-15-25(22-12-7-6-8-13-22)27(26)29(35-28)33-20-24-14-9-10-17-32-24/h6-19,36H,5,20H2,1-4H3,(H,33,34,35)/b21-18+,23-19+. The lowest BCUT2D eigenvalue weighted by Gasteiger charge is -2.20. The van der Waals surface area contributed by atoms with Crippen molar-refractivity contribution < 1.29 is 8.42 Å². The minimum Gasteiger partial charge on any atom is -0.364 e. The molecule has 2 aromatic heterocycles. The fourth-order valence-corrected chi connectivity index (χ4v) is 5.26. The van der Waals surface area contributed by atoms with Crippen LogP contribution in [0.5, 0.6) is 0 Å². The molecular weight excluding hydrogens is 508 g/mol. The van der Waals surface area contributed by atoms with Crippen LogP contribution in [0.15, 0.2) is 95.1 Å². The molecule has 4 aromatic rings. The van der Waals surface area contributed by atoms with Crippen molar-refractivity contribution in [2.45, 2.75) is 39.8 Å². The van der Waals surface area contributed by atoms with Crippen molar-refractivity contribution in [3.8, 4) is 11.1 Å². The summed E-state index contributed by atoms with van der Waals surface area (Å²) in [5, 5.41) is 4.27. The van der Waals surface area contributed by atoms with Crippen molar-refractivity contribution >= 4 is 39.0 Å². The average Bonchev–Trinajstić information content (AvgIpc) is 2.90. The molecule has 0 aliphatic rings. The van der Waals surface area contributed by atoms with Crippen LogP contribution in [0.3, 0.4) is 0 Å². The number of hydrogen-bond acceptors (Lipinski definition) is 7. The van der Waals surface area contributed by atoms with Gasteiger partial charge in [-0.2, -0.15) is 0 Å². The number of rotatable bonds is 9. The molecule has 0 saturated carbocycles. The van der Waals surface area contributed by atoms with E-state index in [4.69, 9.17) is 9.97 Å². The fraction of sp³-hybridized carbons (Fsp3) is 0.200. The summed E-state index contributed by atoms with van der Waals surface area (Å²) in [7, 11) is -3.75. The number of nitrogens with one attached hydrogen (secondary N) is 2. The van der Waals surface area contributed by atoms with Gasteiger partial charge in [0.05, 0.1) is 28.0 Å². The molecule has 0 aliphatic carbocycles. The summed E-state index contributed by atoms with van der Waals surface area (Å²) in [6.45, 7) is 10.9. The molecule has 39 heavy (non-hydrogen) atoms. The monoisotopic (exact) mass is 540 g/mol. The fourth-order valence-electron chi connectivity index (χ4n) is 4.01. The van der Waals surface area contributed by atoms with Gasteiger partial charge < -0.3 is 5.32 Å². The summed E-state index contributed by atoms with van der Waals surface area (Å²) in [4.78, 5) is 18.1. The number of hydrogen-bond donors (Lipinski definition) is 2. The summed E-state index contributed by atoms with van der Waals surface area (Å²) >= 11 is 0. The zero-order valence-electron chi connectivity index (χ0n) is 22.5. The van der Waals surface area contributed by atoms with E-state index in [2.05, 4.69) is 26.7 Å². The van der Waals surface area contributed by atoms with Crippen LogP contribution in [0.4, 0.5) is 5.82 Å². The van der Waals surface area contributed by atoms with Gasteiger partial charge in [-0.3, -0.25) is 9.98 Å². The van der Waals surface area contributed by atoms with Gasteiger partial charge >= 0.3 is 0 Å². The van der Waals surface area contributed by atoms with E-state index in [1.54, 1.807) is 27.0 Å². The Morgan fingerprint density at radius 2 is 1.74 bits per heavy atom. The van der Waals surface area contributed by atoms with E-state index in [0.717, 1.165) is 22.2 Å². The number of pyridine rings is 1. The van der Waals surface area contributed by atoms with Gasteiger partial charge in [0.2, 0.25) is 10.0 Å². The molecule has 2 heterocycles. The summed E-state index contributed by atoms with van der Waals surface area (Å²) in [6, 6.07) is 21.6. The molecule has 0 spiro atoms. The number of aromatic nitrogens is 3. The normalized spacial score (nSPS) is 12.9. The van der Waals surface area contributed by atoms with Crippen molar-refractivity contribution in [2.24, 2.45) is 4.99 Å². The van der Waals surface area contributed by atoms with E-state index in [-0.39, 0.29) is 4.91 Å². The molecule has 0 aliphatic heterocycles. The molecule has 2 aromatic carbocycles. The highest BCUT2D eigenvalue weighted by atomic mass is 32.2. The average molecular weight is 541 g/mol. The Morgan fingerprint density at radius 1 is 1.00 bits per heavy atom. The first-order valence-corrected chi connectivity index (χ1v) is 13.9. The third-order valence-electron chi connectivity index (χ3n) is 5.68. The molecule has 4 rings (SSSR count). The molecule has 200 valence electrons. The minimum absolute atomic E-state index is 0.108. The minimum atomic E-state index is -3.75. The Morgan fingerprint density at radius 3 is 2.41 bits per heavy atom. The number of sulfonamides is 1. The molecule has 0 amide bonds. The van der Waals surface area contributed by atoms with Gasteiger partial charge in [-0.1, -0.05) is 48.5 Å². The topological polar surface area (TPSA) is 109 Å². The number of allylic oxidation sites excluding steroid dienone is 3. The van der Waals surface area contributed by atoms with E-state index in [0.29, 0.717) is 29.3 Å². The predicted molar refractivity (Wildman–Crippen MR) is 160 cm³/mol. The van der Waals surface area contributed by atoms with Gasteiger partial charge in [-0.25, -0.2) is 23.1 Å².